The third-order valence-corrected chi connectivity index (χ3v) is 18.0. The number of hydrogen-bond donors (Lipinski definition) is 7. The smallest absolute Gasteiger partial charge is 0.187 e. The first-order valence-corrected chi connectivity index (χ1v) is 21.4. The fourth-order valence-electron chi connectivity index (χ4n) is 15.2. The van der Waals surface area contributed by atoms with Crippen molar-refractivity contribution < 1.29 is 68.9 Å². The van der Waals surface area contributed by atoms with Crippen LogP contribution in [-0.2, 0) is 33.2 Å². The van der Waals surface area contributed by atoms with Crippen molar-refractivity contribution in [1.82, 2.24) is 0 Å². The van der Waals surface area contributed by atoms with E-state index in [0.717, 1.165) is 38.5 Å². The van der Waals surface area contributed by atoms with Gasteiger partial charge in [0.2, 0.25) is 0 Å². The highest BCUT2D eigenvalue weighted by molar-refractivity contribution is 5.29. The number of rotatable bonds is 6. The second kappa shape index (κ2) is 13.0. The van der Waals surface area contributed by atoms with Crippen molar-refractivity contribution in [3.8, 4) is 0 Å². The van der Waals surface area contributed by atoms with E-state index in [2.05, 4.69) is 34.6 Å². The summed E-state index contributed by atoms with van der Waals surface area (Å²) in [6.07, 6.45) is -6.98. The van der Waals surface area contributed by atoms with Gasteiger partial charge in [-0.15, -0.1) is 0 Å². The molecule has 320 valence electrons. The van der Waals surface area contributed by atoms with Gasteiger partial charge in [-0.05, 0) is 100 Å². The third kappa shape index (κ3) is 5.30. The molecule has 4 aliphatic carbocycles. The molecule has 9 rings (SSSR count). The number of ether oxygens (including phenoxy) is 7. The minimum atomic E-state index is -1.63. The molecule has 22 atom stereocenters. The summed E-state index contributed by atoms with van der Waals surface area (Å²) in [5.74, 6) is 0.596. The SMILES string of the molecule is C[C@@H]1O[C@@H](O[C@H]2[C@H](OC3CC[C@@]4(C)C(CC[C@]5(C)[C@@H]4CCC4C6[C@]7(C[C@]45CO7)O[C@@H]4C[C@H](C(C)(C)O)O[C@]64C)C3(C)C)O[C@H](CO)[C@H](O)[C@@H]2O)[C@H](O)[C@H](O)[C@H]1O. The topological polar surface area (TPSA) is 206 Å². The molecule has 4 unspecified atom stereocenters. The molecule has 2 bridgehead atoms. The Hall–Kier alpha value is -0.560. The summed E-state index contributed by atoms with van der Waals surface area (Å²) in [7, 11) is 0. The molecule has 56 heavy (non-hydrogen) atoms. The number of aliphatic hydroxyl groups is 7. The van der Waals surface area contributed by atoms with Crippen LogP contribution in [0.2, 0.25) is 0 Å². The molecule has 4 saturated carbocycles. The van der Waals surface area contributed by atoms with Gasteiger partial charge in [-0.3, -0.25) is 0 Å². The summed E-state index contributed by atoms with van der Waals surface area (Å²) in [5.41, 5.74) is -1.86. The lowest BCUT2D eigenvalue weighted by Crippen LogP contribution is -2.67. The van der Waals surface area contributed by atoms with Gasteiger partial charge in [0.15, 0.2) is 18.4 Å². The van der Waals surface area contributed by atoms with Crippen molar-refractivity contribution in [2.24, 2.45) is 45.3 Å². The predicted octanol–water partition coefficient (Wildman–Crippen LogP) is 1.74. The van der Waals surface area contributed by atoms with Gasteiger partial charge in [0.25, 0.3) is 0 Å². The molecular weight excluding hydrogens is 728 g/mol. The third-order valence-electron chi connectivity index (χ3n) is 18.0. The van der Waals surface area contributed by atoms with Crippen LogP contribution in [0.4, 0.5) is 0 Å². The van der Waals surface area contributed by atoms with Gasteiger partial charge in [-0.25, -0.2) is 0 Å². The second-order valence-corrected chi connectivity index (χ2v) is 21.4. The Morgan fingerprint density at radius 2 is 1.50 bits per heavy atom. The van der Waals surface area contributed by atoms with E-state index < -0.39 is 85.0 Å². The van der Waals surface area contributed by atoms with Crippen molar-refractivity contribution >= 4 is 0 Å². The quantitative estimate of drug-likeness (QED) is 0.192. The van der Waals surface area contributed by atoms with Gasteiger partial charge in [-0.1, -0.05) is 27.7 Å². The molecule has 9 fully saturated rings. The first-order chi connectivity index (χ1) is 26.1. The second-order valence-electron chi connectivity index (χ2n) is 21.4. The molecule has 0 aromatic heterocycles. The molecule has 0 amide bonds. The molecule has 0 aromatic carbocycles. The van der Waals surface area contributed by atoms with Crippen LogP contribution in [-0.4, -0.2) is 146 Å². The lowest BCUT2D eigenvalue weighted by atomic mass is 9.35. The molecule has 7 N–H and O–H groups in total. The van der Waals surface area contributed by atoms with E-state index in [1.807, 2.05) is 13.8 Å². The van der Waals surface area contributed by atoms with Crippen LogP contribution in [0.5, 0.6) is 0 Å². The van der Waals surface area contributed by atoms with Gasteiger partial charge < -0.3 is 68.9 Å². The molecular formula is C42H68O14. The van der Waals surface area contributed by atoms with E-state index in [4.69, 9.17) is 33.2 Å². The Balaban J connectivity index is 0.957. The minimum absolute atomic E-state index is 0.00742. The molecule has 2 spiro atoms. The fourth-order valence-corrected chi connectivity index (χ4v) is 15.2. The van der Waals surface area contributed by atoms with E-state index in [0.29, 0.717) is 31.3 Å². The standard InChI is InChI=1S/C42H68O14/c1-19-27(44)29(46)31(48)34(51-19)54-32-30(47)28(45)21(16-43)52-35(32)53-24-12-13-38(6)22(36(24,2)3)11-14-39(7)23(38)10-9-20-33-40(8)26(15-25(55-40)37(4,5)49)56-42(33)17-41(20,39)18-50-42/h19-35,43-49H,9-18H2,1-8H3/t19-,20?,21+,22?,23+,24?,25+,26+,27-,28-,29+,30-,31+,32+,33?,34-,35-,38-,39+,40-,41-,42-/m0/s1. The summed E-state index contributed by atoms with van der Waals surface area (Å²) in [6, 6.07) is 0. The number of aliphatic hydroxyl groups excluding tert-OH is 6. The van der Waals surface area contributed by atoms with Crippen LogP contribution in [0.1, 0.15) is 107 Å². The molecule has 0 aromatic rings. The molecule has 14 nitrogen and oxygen atoms in total. The first kappa shape index (κ1) is 40.8. The van der Waals surface area contributed by atoms with Crippen LogP contribution in [0.3, 0.4) is 0 Å². The summed E-state index contributed by atoms with van der Waals surface area (Å²) in [4.78, 5) is 0. The number of fused-ring (bicyclic) bond motifs is 6. The van der Waals surface area contributed by atoms with Crippen LogP contribution >= 0.6 is 0 Å². The highest BCUT2D eigenvalue weighted by atomic mass is 16.8. The maximum atomic E-state index is 11.3. The Morgan fingerprint density at radius 3 is 2.20 bits per heavy atom. The summed E-state index contributed by atoms with van der Waals surface area (Å²) in [6.45, 7) is 17.1. The van der Waals surface area contributed by atoms with Gasteiger partial charge >= 0.3 is 0 Å². The normalized spacial score (nSPS) is 59.9. The van der Waals surface area contributed by atoms with Crippen molar-refractivity contribution in [3.05, 3.63) is 0 Å². The van der Waals surface area contributed by atoms with Gasteiger partial charge in [0.05, 0.1) is 43.2 Å². The highest BCUT2D eigenvalue weighted by Crippen LogP contribution is 2.81. The van der Waals surface area contributed by atoms with Gasteiger partial charge in [-0.2, -0.15) is 0 Å². The average Bonchev–Trinajstić information content (AvgIpc) is 3.82. The zero-order valence-electron chi connectivity index (χ0n) is 34.4. The van der Waals surface area contributed by atoms with Crippen LogP contribution in [0.25, 0.3) is 0 Å². The summed E-state index contributed by atoms with van der Waals surface area (Å²) < 4.78 is 45.4. The maximum Gasteiger partial charge on any atom is 0.187 e. The lowest BCUT2D eigenvalue weighted by molar-refractivity contribution is -0.376. The monoisotopic (exact) mass is 796 g/mol. The van der Waals surface area contributed by atoms with E-state index >= 15 is 0 Å². The molecule has 5 aliphatic heterocycles. The van der Waals surface area contributed by atoms with Crippen molar-refractivity contribution in [2.45, 2.75) is 203 Å². The number of hydrogen-bond acceptors (Lipinski definition) is 14. The average molecular weight is 797 g/mol. The van der Waals surface area contributed by atoms with E-state index in [1.165, 1.54) is 6.92 Å². The lowest BCUT2D eigenvalue weighted by Gasteiger charge is -2.70. The Morgan fingerprint density at radius 1 is 0.768 bits per heavy atom. The fraction of sp³-hybridized carbons (Fsp3) is 1.00. The summed E-state index contributed by atoms with van der Waals surface area (Å²) >= 11 is 0. The molecule has 0 radical (unpaired) electrons. The molecule has 14 heteroatoms. The predicted molar refractivity (Wildman–Crippen MR) is 196 cm³/mol. The van der Waals surface area contributed by atoms with Crippen molar-refractivity contribution in [2.75, 3.05) is 13.2 Å². The Bertz CT molecular complexity index is 1520. The first-order valence-electron chi connectivity index (χ1n) is 21.4. The van der Waals surface area contributed by atoms with E-state index in [1.54, 1.807) is 0 Å². The summed E-state index contributed by atoms with van der Waals surface area (Å²) in [5, 5.41) is 74.7. The van der Waals surface area contributed by atoms with Crippen molar-refractivity contribution in [3.63, 3.8) is 0 Å². The van der Waals surface area contributed by atoms with Crippen LogP contribution < -0.4 is 0 Å². The molecule has 5 saturated heterocycles. The van der Waals surface area contributed by atoms with E-state index in [9.17, 15) is 35.7 Å². The minimum Gasteiger partial charge on any atom is -0.394 e. The Labute approximate surface area is 330 Å². The highest BCUT2D eigenvalue weighted by Gasteiger charge is 2.84. The van der Waals surface area contributed by atoms with E-state index in [-0.39, 0.29) is 51.8 Å². The molecule has 5 heterocycles. The zero-order valence-corrected chi connectivity index (χ0v) is 34.4. The van der Waals surface area contributed by atoms with Gasteiger partial charge in [0.1, 0.15) is 48.3 Å². The van der Waals surface area contributed by atoms with Gasteiger partial charge in [0, 0.05) is 24.2 Å². The van der Waals surface area contributed by atoms with Crippen molar-refractivity contribution in [1.29, 1.82) is 0 Å². The van der Waals surface area contributed by atoms with Crippen LogP contribution in [0, 0.1) is 45.3 Å². The zero-order chi connectivity index (χ0) is 40.3. The molecule has 9 aliphatic rings. The van der Waals surface area contributed by atoms with Crippen LogP contribution in [0.15, 0.2) is 0 Å². The largest absolute Gasteiger partial charge is 0.394 e. The Kier molecular flexibility index (Phi) is 9.46. The maximum absolute atomic E-state index is 11.3.